The zero-order valence-electron chi connectivity index (χ0n) is 3.92. The molecule has 0 saturated heterocycles. The van der Waals surface area contributed by atoms with Gasteiger partial charge < -0.3 is 5.32 Å². The van der Waals surface area contributed by atoms with Crippen molar-refractivity contribution in [3.05, 3.63) is 9.78 Å². The summed E-state index contributed by atoms with van der Waals surface area (Å²) < 4.78 is 24.5. The highest BCUT2D eigenvalue weighted by Crippen LogP contribution is 2.31. The van der Waals surface area contributed by atoms with Crippen LogP contribution in [0.25, 0.3) is 0 Å². The molecule has 0 aliphatic carbocycles. The molecule has 4 heteroatoms. The predicted octanol–water partition coefficient (Wildman–Crippen LogP) is 1.50. The van der Waals surface area contributed by atoms with Gasteiger partial charge in [0.05, 0.1) is 10.1 Å². The lowest BCUT2D eigenvalue weighted by atomic mass is 10.4. The van der Waals surface area contributed by atoms with E-state index in [0.29, 0.717) is 0 Å². The van der Waals surface area contributed by atoms with Crippen molar-refractivity contribution in [1.29, 1.82) is 0 Å². The second kappa shape index (κ2) is 1.82. The largest absolute Gasteiger partial charge is 0.384 e. The molecule has 1 heterocycles. The first kappa shape index (κ1) is 6.25. The molecule has 0 fully saturated rings. The van der Waals surface area contributed by atoms with E-state index in [2.05, 4.69) is 5.32 Å². The van der Waals surface area contributed by atoms with E-state index in [0.717, 1.165) is 0 Å². The Balaban J connectivity index is 2.73. The van der Waals surface area contributed by atoms with Gasteiger partial charge >= 0.3 is 0 Å². The van der Waals surface area contributed by atoms with E-state index in [4.69, 9.17) is 0 Å². The number of nitrogens with one attached hydrogen (secondary N) is 1. The molecule has 0 aromatic carbocycles. The van der Waals surface area contributed by atoms with Crippen LogP contribution in [0.3, 0.4) is 0 Å². The van der Waals surface area contributed by atoms with Crippen molar-refractivity contribution in [2.75, 3.05) is 6.54 Å². The minimum Gasteiger partial charge on any atom is -0.384 e. The second-order valence-corrected chi connectivity index (χ2v) is 2.74. The van der Waals surface area contributed by atoms with E-state index in [1.807, 2.05) is 0 Å². The first-order valence-electron chi connectivity index (χ1n) is 2.10. The summed E-state index contributed by atoms with van der Waals surface area (Å²) >= 11 is 1.62. The van der Waals surface area contributed by atoms with Crippen LogP contribution in [0.15, 0.2) is 9.78 Å². The zero-order chi connectivity index (χ0) is 6.20. The lowest BCUT2D eigenvalue weighted by Gasteiger charge is -2.05. The molecule has 1 N–H and O–H groups in total. The Bertz CT molecular complexity index is 132. The zero-order valence-corrected chi connectivity index (χ0v) is 6.08. The van der Waals surface area contributed by atoms with E-state index >= 15 is 0 Å². The van der Waals surface area contributed by atoms with Gasteiger partial charge in [-0.1, -0.05) is 0 Å². The topological polar surface area (TPSA) is 12.0 Å². The van der Waals surface area contributed by atoms with Gasteiger partial charge in [-0.25, -0.2) is 0 Å². The third kappa shape index (κ3) is 0.936. The van der Waals surface area contributed by atoms with E-state index < -0.39 is 5.92 Å². The van der Waals surface area contributed by atoms with E-state index in [1.54, 1.807) is 22.6 Å². The Kier molecular flexibility index (Phi) is 1.42. The van der Waals surface area contributed by atoms with Crippen molar-refractivity contribution in [2.24, 2.45) is 0 Å². The molecule has 46 valence electrons. The highest BCUT2D eigenvalue weighted by molar-refractivity contribution is 14.1. The molecule has 0 aromatic rings. The summed E-state index contributed by atoms with van der Waals surface area (Å²) in [6, 6.07) is 0. The van der Waals surface area contributed by atoms with E-state index in [9.17, 15) is 8.78 Å². The second-order valence-electron chi connectivity index (χ2n) is 1.58. The van der Waals surface area contributed by atoms with Crippen molar-refractivity contribution in [2.45, 2.75) is 5.92 Å². The molecular formula is C4H4F2IN. The van der Waals surface area contributed by atoms with Crippen molar-refractivity contribution in [3.8, 4) is 0 Å². The molecule has 8 heavy (non-hydrogen) atoms. The van der Waals surface area contributed by atoms with Gasteiger partial charge in [-0.05, 0) is 22.6 Å². The summed E-state index contributed by atoms with van der Waals surface area (Å²) in [5.41, 5.74) is 0. The Morgan fingerprint density at radius 1 is 1.75 bits per heavy atom. The molecule has 1 nitrogen and oxygen atoms in total. The summed E-state index contributed by atoms with van der Waals surface area (Å²) in [5.74, 6) is -2.61. The van der Waals surface area contributed by atoms with Crippen LogP contribution < -0.4 is 5.32 Å². The average Bonchev–Trinajstić information content (AvgIpc) is 1.86. The van der Waals surface area contributed by atoms with Crippen LogP contribution in [0, 0.1) is 0 Å². The van der Waals surface area contributed by atoms with Crippen LogP contribution in [0.2, 0.25) is 0 Å². The third-order valence-corrected chi connectivity index (χ3v) is 2.00. The van der Waals surface area contributed by atoms with Crippen molar-refractivity contribution < 1.29 is 8.78 Å². The standard InChI is InChI=1S/C4H4F2IN/c5-4(6)2-8-1-3(4)7/h1,8H,2H2. The summed E-state index contributed by atoms with van der Waals surface area (Å²) in [6.45, 7) is -0.245. The molecule has 0 spiro atoms. The number of hydrogen-bond donors (Lipinski definition) is 1. The molecule has 0 atom stereocenters. The molecule has 0 unspecified atom stereocenters. The first-order chi connectivity index (χ1) is 3.63. The van der Waals surface area contributed by atoms with Crippen molar-refractivity contribution in [1.82, 2.24) is 5.32 Å². The lowest BCUT2D eigenvalue weighted by Crippen LogP contribution is -2.21. The van der Waals surface area contributed by atoms with Gasteiger partial charge in [-0.3, -0.25) is 0 Å². The molecule has 0 aromatic heterocycles. The SMILES string of the molecule is FC1(F)CNC=C1I. The van der Waals surface area contributed by atoms with E-state index in [-0.39, 0.29) is 10.1 Å². The van der Waals surface area contributed by atoms with Gasteiger partial charge in [0.25, 0.3) is 5.92 Å². The Labute approximate surface area is 59.3 Å². The molecule has 0 radical (unpaired) electrons. The van der Waals surface area contributed by atoms with Gasteiger partial charge in [0.15, 0.2) is 0 Å². The van der Waals surface area contributed by atoms with Crippen LogP contribution in [0.4, 0.5) is 8.78 Å². The van der Waals surface area contributed by atoms with Crippen LogP contribution in [-0.2, 0) is 0 Å². The fourth-order valence-electron chi connectivity index (χ4n) is 0.459. The molecule has 0 amide bonds. The number of hydrogen-bond acceptors (Lipinski definition) is 1. The summed E-state index contributed by atoms with van der Waals surface area (Å²) in [6.07, 6.45) is 1.33. The van der Waals surface area contributed by atoms with Gasteiger partial charge in [-0.15, -0.1) is 0 Å². The van der Waals surface area contributed by atoms with Gasteiger partial charge in [0.1, 0.15) is 0 Å². The summed E-state index contributed by atoms with van der Waals surface area (Å²) in [4.78, 5) is 0. The van der Waals surface area contributed by atoms with Crippen LogP contribution in [0.1, 0.15) is 0 Å². The lowest BCUT2D eigenvalue weighted by molar-refractivity contribution is 0.0665. The Morgan fingerprint density at radius 2 is 2.38 bits per heavy atom. The van der Waals surface area contributed by atoms with Gasteiger partial charge in [0, 0.05) is 6.20 Å². The molecule has 1 rings (SSSR count). The quantitative estimate of drug-likeness (QED) is 0.623. The molecular weight excluding hydrogens is 227 g/mol. The molecule has 1 aliphatic rings. The fraction of sp³-hybridized carbons (Fsp3) is 0.500. The smallest absolute Gasteiger partial charge is 0.296 e. The number of halogens is 3. The van der Waals surface area contributed by atoms with Crippen LogP contribution in [-0.4, -0.2) is 12.5 Å². The van der Waals surface area contributed by atoms with Crippen LogP contribution >= 0.6 is 22.6 Å². The maximum Gasteiger partial charge on any atom is 0.296 e. The predicted molar refractivity (Wildman–Crippen MR) is 35.1 cm³/mol. The maximum absolute atomic E-state index is 12.2. The minimum absolute atomic E-state index is 0.0927. The highest BCUT2D eigenvalue weighted by Gasteiger charge is 2.35. The summed E-state index contributed by atoms with van der Waals surface area (Å²) in [5, 5.41) is 2.44. The molecule has 0 saturated carbocycles. The van der Waals surface area contributed by atoms with Gasteiger partial charge in [0.2, 0.25) is 0 Å². The Morgan fingerprint density at radius 3 is 2.50 bits per heavy atom. The van der Waals surface area contributed by atoms with Crippen molar-refractivity contribution in [3.63, 3.8) is 0 Å². The first-order valence-corrected chi connectivity index (χ1v) is 3.18. The van der Waals surface area contributed by atoms with Gasteiger partial charge in [-0.2, -0.15) is 8.78 Å². The monoisotopic (exact) mass is 231 g/mol. The maximum atomic E-state index is 12.2. The average molecular weight is 231 g/mol. The Hall–Kier alpha value is 0.130. The fourth-order valence-corrected chi connectivity index (χ4v) is 0.870. The molecule has 0 bridgehead atoms. The molecule has 1 aliphatic heterocycles. The third-order valence-electron chi connectivity index (χ3n) is 0.902. The minimum atomic E-state index is -2.61. The number of rotatable bonds is 0. The highest BCUT2D eigenvalue weighted by atomic mass is 127. The summed E-state index contributed by atoms with van der Waals surface area (Å²) in [7, 11) is 0. The van der Waals surface area contributed by atoms with E-state index in [1.165, 1.54) is 6.20 Å². The normalized spacial score (nSPS) is 24.6. The number of alkyl halides is 2. The van der Waals surface area contributed by atoms with Crippen molar-refractivity contribution >= 4 is 22.6 Å². The van der Waals surface area contributed by atoms with Crippen LogP contribution in [0.5, 0.6) is 0 Å².